The Morgan fingerprint density at radius 2 is 2.18 bits per heavy atom. The maximum Gasteiger partial charge on any atom is 0.138 e. The molecule has 0 unspecified atom stereocenters. The van der Waals surface area contributed by atoms with E-state index in [9.17, 15) is 0 Å². The van der Waals surface area contributed by atoms with Crippen molar-refractivity contribution in [1.82, 2.24) is 15.2 Å². The zero-order chi connectivity index (χ0) is 7.68. The topological polar surface area (TPSA) is 38.7 Å². The molecule has 54 valence electrons. The monoisotopic (exact) mass is 165 g/mol. The Bertz CT molecular complexity index is 383. The molecule has 1 aromatic carbocycles. The van der Waals surface area contributed by atoms with Gasteiger partial charge in [-0.05, 0) is 12.1 Å². The molecule has 2 aromatic rings. The van der Waals surface area contributed by atoms with Gasteiger partial charge in [0.25, 0.3) is 0 Å². The van der Waals surface area contributed by atoms with Crippen molar-refractivity contribution < 1.29 is 0 Å². The van der Waals surface area contributed by atoms with Crippen LogP contribution in [0.1, 0.15) is 0 Å². The normalized spacial score (nSPS) is 10.3. The van der Waals surface area contributed by atoms with Gasteiger partial charge in [-0.2, -0.15) is 0 Å². The summed E-state index contributed by atoms with van der Waals surface area (Å²) < 4.78 is 0. The molecule has 0 aliphatic heterocycles. The highest BCUT2D eigenvalue weighted by Crippen LogP contribution is 2.17. The zero-order valence-electron chi connectivity index (χ0n) is 5.53. The van der Waals surface area contributed by atoms with Gasteiger partial charge >= 0.3 is 0 Å². The highest BCUT2D eigenvalue weighted by molar-refractivity contribution is 6.34. The van der Waals surface area contributed by atoms with Crippen molar-refractivity contribution in [2.75, 3.05) is 0 Å². The minimum atomic E-state index is 0.586. The Morgan fingerprint density at radius 3 is 3.00 bits per heavy atom. The molecular formula is C7H4ClN3. The second-order valence-electron chi connectivity index (χ2n) is 2.07. The first kappa shape index (κ1) is 6.49. The first-order valence-corrected chi connectivity index (χ1v) is 3.47. The van der Waals surface area contributed by atoms with Crippen LogP contribution >= 0.6 is 11.6 Å². The molecule has 0 atom stereocenters. The molecule has 0 aliphatic carbocycles. The second-order valence-corrected chi connectivity index (χ2v) is 2.47. The Labute approximate surface area is 68.0 Å². The molecular weight excluding hydrogens is 162 g/mol. The van der Waals surface area contributed by atoms with Crippen LogP contribution in [-0.2, 0) is 0 Å². The fraction of sp³-hybridized carbons (Fsp3) is 0. The third kappa shape index (κ3) is 1.03. The highest BCUT2D eigenvalue weighted by atomic mass is 35.5. The molecule has 1 aromatic heterocycles. The van der Waals surface area contributed by atoms with Gasteiger partial charge in [0.15, 0.2) is 0 Å². The van der Waals surface area contributed by atoms with Gasteiger partial charge in [-0.3, -0.25) is 0 Å². The van der Waals surface area contributed by atoms with Gasteiger partial charge in [0.1, 0.15) is 11.8 Å². The van der Waals surface area contributed by atoms with Crippen molar-refractivity contribution in [3.63, 3.8) is 0 Å². The summed E-state index contributed by atoms with van der Waals surface area (Å²) in [5, 5.41) is 8.05. The van der Waals surface area contributed by atoms with Crippen LogP contribution in [0.2, 0.25) is 5.02 Å². The lowest BCUT2D eigenvalue weighted by molar-refractivity contribution is 1.02. The van der Waals surface area contributed by atoms with Crippen molar-refractivity contribution in [2.45, 2.75) is 0 Å². The summed E-state index contributed by atoms with van der Waals surface area (Å²) in [4.78, 5) is 3.98. The van der Waals surface area contributed by atoms with Crippen LogP contribution in [-0.4, -0.2) is 15.2 Å². The number of fused-ring (bicyclic) bond motifs is 1. The molecule has 0 radical (unpaired) electrons. The second kappa shape index (κ2) is 2.43. The average molecular weight is 166 g/mol. The van der Waals surface area contributed by atoms with Gasteiger partial charge in [-0.1, -0.05) is 17.7 Å². The van der Waals surface area contributed by atoms with Gasteiger partial charge in [-0.25, -0.2) is 4.98 Å². The SMILES string of the molecule is Clc1cccc2ncnnc12. The summed E-state index contributed by atoms with van der Waals surface area (Å²) in [5.41, 5.74) is 1.42. The van der Waals surface area contributed by atoms with E-state index in [1.165, 1.54) is 6.33 Å². The molecule has 0 bridgehead atoms. The molecule has 2 rings (SSSR count). The molecule has 0 N–H and O–H groups in total. The van der Waals surface area contributed by atoms with Crippen molar-refractivity contribution in [3.05, 3.63) is 29.5 Å². The standard InChI is InChI=1S/C7H4ClN3/c8-5-2-1-3-6-7(5)11-10-4-9-6/h1-4H. The fourth-order valence-corrected chi connectivity index (χ4v) is 1.09. The number of hydrogen-bond acceptors (Lipinski definition) is 3. The molecule has 0 saturated carbocycles. The third-order valence-electron chi connectivity index (χ3n) is 1.37. The largest absolute Gasteiger partial charge is 0.233 e. The molecule has 1 heterocycles. The molecule has 0 saturated heterocycles. The van der Waals surface area contributed by atoms with E-state index in [2.05, 4.69) is 15.2 Å². The van der Waals surface area contributed by atoms with Crippen LogP contribution in [0.3, 0.4) is 0 Å². The predicted octanol–water partition coefficient (Wildman–Crippen LogP) is 1.68. The lowest BCUT2D eigenvalue weighted by atomic mass is 10.3. The van der Waals surface area contributed by atoms with E-state index >= 15 is 0 Å². The number of aromatic nitrogens is 3. The van der Waals surface area contributed by atoms with Crippen molar-refractivity contribution in [1.29, 1.82) is 0 Å². The Hall–Kier alpha value is -1.22. The summed E-state index contributed by atoms with van der Waals surface area (Å²) in [6, 6.07) is 5.44. The van der Waals surface area contributed by atoms with E-state index in [0.29, 0.717) is 10.5 Å². The minimum Gasteiger partial charge on any atom is -0.233 e. The maximum atomic E-state index is 5.81. The van der Waals surface area contributed by atoms with E-state index in [0.717, 1.165) is 5.52 Å². The number of benzene rings is 1. The van der Waals surface area contributed by atoms with Crippen LogP contribution < -0.4 is 0 Å². The van der Waals surface area contributed by atoms with Gasteiger partial charge in [0, 0.05) is 0 Å². The van der Waals surface area contributed by atoms with E-state index in [1.54, 1.807) is 6.07 Å². The zero-order valence-corrected chi connectivity index (χ0v) is 6.28. The third-order valence-corrected chi connectivity index (χ3v) is 1.68. The smallest absolute Gasteiger partial charge is 0.138 e. The number of rotatable bonds is 0. The van der Waals surface area contributed by atoms with Crippen LogP contribution in [0.15, 0.2) is 24.5 Å². The Kier molecular flexibility index (Phi) is 1.43. The number of halogens is 1. The molecule has 0 fully saturated rings. The molecule has 0 aliphatic rings. The molecule has 3 nitrogen and oxygen atoms in total. The van der Waals surface area contributed by atoms with E-state index in [1.807, 2.05) is 12.1 Å². The summed E-state index contributed by atoms with van der Waals surface area (Å²) >= 11 is 5.81. The number of nitrogens with zero attached hydrogens (tertiary/aromatic N) is 3. The van der Waals surface area contributed by atoms with Gasteiger partial charge in [0.2, 0.25) is 0 Å². The quantitative estimate of drug-likeness (QED) is 0.596. The van der Waals surface area contributed by atoms with Crippen LogP contribution in [0.25, 0.3) is 11.0 Å². The maximum absolute atomic E-state index is 5.81. The molecule has 4 heteroatoms. The summed E-state index contributed by atoms with van der Waals surface area (Å²) in [5.74, 6) is 0. The molecule has 11 heavy (non-hydrogen) atoms. The minimum absolute atomic E-state index is 0.586. The van der Waals surface area contributed by atoms with E-state index in [-0.39, 0.29) is 0 Å². The first-order chi connectivity index (χ1) is 5.38. The van der Waals surface area contributed by atoms with Crippen molar-refractivity contribution in [3.8, 4) is 0 Å². The lowest BCUT2D eigenvalue weighted by Gasteiger charge is -1.93. The van der Waals surface area contributed by atoms with Crippen LogP contribution in [0.4, 0.5) is 0 Å². The first-order valence-electron chi connectivity index (χ1n) is 3.10. The van der Waals surface area contributed by atoms with Gasteiger partial charge in [-0.15, -0.1) is 10.2 Å². The summed E-state index contributed by atoms with van der Waals surface area (Å²) in [6.45, 7) is 0. The molecule has 0 amide bonds. The highest BCUT2D eigenvalue weighted by Gasteiger charge is 1.98. The van der Waals surface area contributed by atoms with Crippen LogP contribution in [0, 0.1) is 0 Å². The Morgan fingerprint density at radius 1 is 1.27 bits per heavy atom. The van der Waals surface area contributed by atoms with Crippen molar-refractivity contribution in [2.24, 2.45) is 0 Å². The Balaban J connectivity index is 2.91. The summed E-state index contributed by atoms with van der Waals surface area (Å²) in [7, 11) is 0. The van der Waals surface area contributed by atoms with Crippen molar-refractivity contribution >= 4 is 22.6 Å². The van der Waals surface area contributed by atoms with Gasteiger partial charge in [0.05, 0.1) is 10.5 Å². The van der Waals surface area contributed by atoms with E-state index < -0.39 is 0 Å². The average Bonchev–Trinajstić information content (AvgIpc) is 2.06. The fourth-order valence-electron chi connectivity index (χ4n) is 0.879. The van der Waals surface area contributed by atoms with Gasteiger partial charge < -0.3 is 0 Å². The van der Waals surface area contributed by atoms with E-state index in [4.69, 9.17) is 11.6 Å². The number of hydrogen-bond donors (Lipinski definition) is 0. The summed E-state index contributed by atoms with van der Waals surface area (Å²) in [6.07, 6.45) is 1.40. The van der Waals surface area contributed by atoms with Crippen LogP contribution in [0.5, 0.6) is 0 Å². The predicted molar refractivity (Wildman–Crippen MR) is 42.3 cm³/mol. The molecule has 0 spiro atoms. The lowest BCUT2D eigenvalue weighted by Crippen LogP contribution is -1.86.